The molecule has 0 N–H and O–H groups in total. The smallest absolute Gasteiger partial charge is 0.255 e. The molecule has 0 atom stereocenters. The molecule has 0 fully saturated rings. The minimum atomic E-state index is -1.87. The summed E-state index contributed by atoms with van der Waals surface area (Å²) in [6.45, 7) is 0. The Bertz CT molecular complexity index is 623. The highest BCUT2D eigenvalue weighted by Gasteiger charge is 2.23. The van der Waals surface area contributed by atoms with Crippen molar-refractivity contribution in [1.82, 2.24) is 4.98 Å². The lowest BCUT2D eigenvalue weighted by atomic mass is 10.3. The van der Waals surface area contributed by atoms with E-state index in [0.717, 1.165) is 12.1 Å². The second-order valence-corrected chi connectivity index (χ2v) is 3.74. The van der Waals surface area contributed by atoms with Crippen LogP contribution in [0.3, 0.4) is 0 Å². The molecule has 0 bridgehead atoms. The summed E-state index contributed by atoms with van der Waals surface area (Å²) in [4.78, 5) is 2.35. The van der Waals surface area contributed by atoms with Gasteiger partial charge in [-0.05, 0) is 12.1 Å². The summed E-state index contributed by atoms with van der Waals surface area (Å²) in [6.07, 6.45) is 0. The van der Waals surface area contributed by atoms with Crippen LogP contribution in [0.1, 0.15) is 0 Å². The number of hydrogen-bond donors (Lipinski definition) is 0. The van der Waals surface area contributed by atoms with Crippen LogP contribution >= 0.6 is 11.6 Å². The lowest BCUT2D eigenvalue weighted by Crippen LogP contribution is -2.03. The third-order valence-electron chi connectivity index (χ3n) is 2.07. The molecule has 1 aromatic carbocycles. The molecule has 1 aromatic heterocycles. The molecule has 0 aliphatic rings. The van der Waals surface area contributed by atoms with Gasteiger partial charge in [-0.15, -0.1) is 0 Å². The maximum Gasteiger partial charge on any atom is 0.255 e. The van der Waals surface area contributed by atoms with Crippen molar-refractivity contribution in [2.45, 2.75) is 0 Å². The Morgan fingerprint density at radius 3 is 2.05 bits per heavy atom. The Labute approximate surface area is 108 Å². The van der Waals surface area contributed by atoms with E-state index in [0.29, 0.717) is 6.07 Å². The van der Waals surface area contributed by atoms with Crippen LogP contribution in [0, 0.1) is 29.3 Å². The lowest BCUT2D eigenvalue weighted by molar-refractivity contribution is 0.342. The molecule has 0 radical (unpaired) electrons. The van der Waals surface area contributed by atoms with Gasteiger partial charge in [0, 0.05) is 6.07 Å². The van der Waals surface area contributed by atoms with Crippen LogP contribution in [0.2, 0.25) is 5.02 Å². The van der Waals surface area contributed by atoms with E-state index in [9.17, 15) is 22.0 Å². The summed E-state index contributed by atoms with van der Waals surface area (Å²) < 4.78 is 69.7. The number of ether oxygens (including phenoxy) is 1. The van der Waals surface area contributed by atoms with Crippen molar-refractivity contribution in [2.24, 2.45) is 0 Å². The molecule has 1 heterocycles. The van der Waals surface area contributed by atoms with E-state index >= 15 is 0 Å². The van der Waals surface area contributed by atoms with E-state index in [1.165, 1.54) is 0 Å². The van der Waals surface area contributed by atoms with Crippen LogP contribution < -0.4 is 4.74 Å². The van der Waals surface area contributed by atoms with Gasteiger partial charge in [0.05, 0.1) is 5.02 Å². The van der Waals surface area contributed by atoms with Crippen molar-refractivity contribution >= 4 is 11.6 Å². The van der Waals surface area contributed by atoms with Gasteiger partial charge in [0.2, 0.25) is 17.4 Å². The van der Waals surface area contributed by atoms with Crippen molar-refractivity contribution in [1.29, 1.82) is 0 Å². The second-order valence-electron chi connectivity index (χ2n) is 3.33. The predicted molar refractivity (Wildman–Crippen MR) is 55.6 cm³/mol. The Morgan fingerprint density at radius 2 is 1.53 bits per heavy atom. The standard InChI is InChI=1S/C11H3ClF5NO/c12-5-2-1-4(3-6(5)13)19-9-7(14)10(16)18-11(17)8(9)15/h1-3H. The molecule has 2 nitrogen and oxygen atoms in total. The predicted octanol–water partition coefficient (Wildman–Crippen LogP) is 4.22. The zero-order valence-electron chi connectivity index (χ0n) is 8.86. The molecule has 19 heavy (non-hydrogen) atoms. The SMILES string of the molecule is Fc1cc(Oc2c(F)c(F)nc(F)c2F)ccc1Cl. The zero-order chi connectivity index (χ0) is 14.2. The maximum absolute atomic E-state index is 13.2. The molecule has 0 saturated heterocycles. The van der Waals surface area contributed by atoms with Gasteiger partial charge in [-0.3, -0.25) is 0 Å². The highest BCUT2D eigenvalue weighted by Crippen LogP contribution is 2.30. The number of nitrogens with zero attached hydrogens (tertiary/aromatic N) is 1. The normalized spacial score (nSPS) is 10.6. The Morgan fingerprint density at radius 1 is 0.947 bits per heavy atom. The molecule has 0 saturated carbocycles. The van der Waals surface area contributed by atoms with E-state index in [4.69, 9.17) is 11.6 Å². The van der Waals surface area contributed by atoms with Gasteiger partial charge in [0.25, 0.3) is 11.9 Å². The summed E-state index contributed by atoms with van der Waals surface area (Å²) in [5, 5.41) is -0.250. The van der Waals surface area contributed by atoms with Gasteiger partial charge >= 0.3 is 0 Å². The molecule has 0 unspecified atom stereocenters. The third-order valence-corrected chi connectivity index (χ3v) is 2.37. The van der Waals surface area contributed by atoms with Crippen LogP contribution in [0.4, 0.5) is 22.0 Å². The molecule has 0 aliphatic carbocycles. The zero-order valence-corrected chi connectivity index (χ0v) is 9.61. The quantitative estimate of drug-likeness (QED) is 0.611. The highest BCUT2D eigenvalue weighted by molar-refractivity contribution is 6.30. The summed E-state index contributed by atoms with van der Waals surface area (Å²) in [6, 6.07) is 2.83. The minimum Gasteiger partial charge on any atom is -0.451 e. The molecule has 2 rings (SSSR count). The number of benzene rings is 1. The number of rotatable bonds is 2. The van der Waals surface area contributed by atoms with Crippen LogP contribution in [-0.2, 0) is 0 Å². The van der Waals surface area contributed by atoms with Crippen LogP contribution in [-0.4, -0.2) is 4.98 Å². The molecule has 2 aromatic rings. The summed E-state index contributed by atoms with van der Waals surface area (Å²) in [5.41, 5.74) is 0. The lowest BCUT2D eigenvalue weighted by Gasteiger charge is -2.08. The van der Waals surface area contributed by atoms with Gasteiger partial charge in [0.15, 0.2) is 0 Å². The monoisotopic (exact) mass is 295 g/mol. The fraction of sp³-hybridized carbons (Fsp3) is 0. The van der Waals surface area contributed by atoms with Crippen molar-refractivity contribution in [3.05, 3.63) is 52.6 Å². The average molecular weight is 296 g/mol. The Balaban J connectivity index is 2.46. The first-order valence-electron chi connectivity index (χ1n) is 4.73. The van der Waals surface area contributed by atoms with E-state index in [2.05, 4.69) is 9.72 Å². The van der Waals surface area contributed by atoms with E-state index in [-0.39, 0.29) is 10.8 Å². The van der Waals surface area contributed by atoms with Crippen molar-refractivity contribution in [3.63, 3.8) is 0 Å². The van der Waals surface area contributed by atoms with Crippen molar-refractivity contribution in [3.8, 4) is 11.5 Å². The van der Waals surface area contributed by atoms with E-state index < -0.39 is 35.1 Å². The first-order chi connectivity index (χ1) is 8.90. The molecule has 0 amide bonds. The van der Waals surface area contributed by atoms with Crippen molar-refractivity contribution < 1.29 is 26.7 Å². The third kappa shape index (κ3) is 2.60. The number of pyridine rings is 1. The van der Waals surface area contributed by atoms with Gasteiger partial charge in [0.1, 0.15) is 11.6 Å². The number of aromatic nitrogens is 1. The first kappa shape index (κ1) is 13.5. The Hall–Kier alpha value is -1.89. The van der Waals surface area contributed by atoms with Crippen LogP contribution in [0.5, 0.6) is 11.5 Å². The molecule has 0 aliphatic heterocycles. The van der Waals surface area contributed by atoms with Gasteiger partial charge in [-0.25, -0.2) is 4.39 Å². The van der Waals surface area contributed by atoms with E-state index in [1.54, 1.807) is 0 Å². The summed E-state index contributed by atoms with van der Waals surface area (Å²) in [7, 11) is 0. The molecular weight excluding hydrogens is 293 g/mol. The van der Waals surface area contributed by atoms with Crippen molar-refractivity contribution in [2.75, 3.05) is 0 Å². The minimum absolute atomic E-state index is 0.250. The second kappa shape index (κ2) is 5.00. The van der Waals surface area contributed by atoms with Crippen LogP contribution in [0.25, 0.3) is 0 Å². The molecule has 100 valence electrons. The van der Waals surface area contributed by atoms with Gasteiger partial charge in [-0.2, -0.15) is 22.5 Å². The maximum atomic E-state index is 13.2. The number of halogens is 6. The molecule has 8 heteroatoms. The van der Waals surface area contributed by atoms with Gasteiger partial charge < -0.3 is 4.74 Å². The fourth-order valence-electron chi connectivity index (χ4n) is 1.22. The highest BCUT2D eigenvalue weighted by atomic mass is 35.5. The molecule has 0 spiro atoms. The summed E-state index contributed by atoms with van der Waals surface area (Å²) >= 11 is 5.39. The Kier molecular flexibility index (Phi) is 3.57. The fourth-order valence-corrected chi connectivity index (χ4v) is 1.33. The topological polar surface area (TPSA) is 22.1 Å². The van der Waals surface area contributed by atoms with E-state index in [1.807, 2.05) is 0 Å². The van der Waals surface area contributed by atoms with Crippen LogP contribution in [0.15, 0.2) is 18.2 Å². The largest absolute Gasteiger partial charge is 0.451 e. The number of hydrogen-bond acceptors (Lipinski definition) is 2. The molecular formula is C11H3ClF5NO. The first-order valence-corrected chi connectivity index (χ1v) is 5.11. The average Bonchev–Trinajstić information content (AvgIpc) is 2.36. The summed E-state index contributed by atoms with van der Waals surface area (Å²) in [5.74, 6) is -10.1. The van der Waals surface area contributed by atoms with Gasteiger partial charge in [-0.1, -0.05) is 11.6 Å².